The van der Waals surface area contributed by atoms with E-state index in [4.69, 9.17) is 0 Å². The fourth-order valence-electron chi connectivity index (χ4n) is 2.69. The van der Waals surface area contributed by atoms with Crippen LogP contribution in [-0.4, -0.2) is 70.5 Å². The largest absolute Gasteiger partial charge is 0.359 e. The van der Waals surface area contributed by atoms with Crippen molar-refractivity contribution in [2.45, 2.75) is 20.4 Å². The Morgan fingerprint density at radius 2 is 1.91 bits per heavy atom. The Morgan fingerprint density at radius 3 is 2.48 bits per heavy atom. The van der Waals surface area contributed by atoms with Crippen LogP contribution in [0.5, 0.6) is 0 Å². The Balaban J connectivity index is 2.09. The molecule has 1 aromatic heterocycles. The number of carbonyl (C=O) groups is 3. The number of rotatable bonds is 3. The van der Waals surface area contributed by atoms with Gasteiger partial charge in [0.1, 0.15) is 6.54 Å². The molecule has 1 atom stereocenters. The first-order valence-corrected chi connectivity index (χ1v) is 7.64. The monoisotopic (exact) mass is 321 g/mol. The molecule has 8 heteroatoms. The molecule has 2 rings (SSSR count). The molecule has 0 aromatic carbocycles. The topological polar surface area (TPSA) is 87.5 Å². The van der Waals surface area contributed by atoms with Crippen molar-refractivity contribution >= 4 is 17.7 Å². The van der Waals surface area contributed by atoms with Crippen molar-refractivity contribution in [3.05, 3.63) is 18.0 Å². The number of amides is 3. The summed E-state index contributed by atoms with van der Waals surface area (Å²) in [5.41, 5.74) is 0.986. The molecule has 0 radical (unpaired) electrons. The van der Waals surface area contributed by atoms with Gasteiger partial charge in [0.2, 0.25) is 17.7 Å². The molecule has 0 saturated carbocycles. The normalized spacial score (nSPS) is 18.5. The van der Waals surface area contributed by atoms with E-state index in [1.165, 1.54) is 6.92 Å². The molecule has 1 aliphatic rings. The van der Waals surface area contributed by atoms with Crippen LogP contribution in [0.15, 0.2) is 12.4 Å². The van der Waals surface area contributed by atoms with E-state index in [2.05, 4.69) is 10.4 Å². The van der Waals surface area contributed by atoms with Crippen molar-refractivity contribution in [2.75, 3.05) is 33.2 Å². The number of hydrogen-bond donors (Lipinski definition) is 1. The average Bonchev–Trinajstić information content (AvgIpc) is 2.79. The second-order valence-corrected chi connectivity index (χ2v) is 5.83. The van der Waals surface area contributed by atoms with Crippen LogP contribution in [0.2, 0.25) is 0 Å². The van der Waals surface area contributed by atoms with Gasteiger partial charge in [-0.3, -0.25) is 19.1 Å². The van der Waals surface area contributed by atoms with Crippen LogP contribution in [0.4, 0.5) is 0 Å². The predicted octanol–water partition coefficient (Wildman–Crippen LogP) is -0.756. The minimum atomic E-state index is -0.422. The first-order valence-electron chi connectivity index (χ1n) is 7.64. The van der Waals surface area contributed by atoms with Gasteiger partial charge in [-0.25, -0.2) is 0 Å². The highest BCUT2D eigenvalue weighted by Gasteiger charge is 2.30. The maximum atomic E-state index is 12.5. The Labute approximate surface area is 135 Å². The van der Waals surface area contributed by atoms with Crippen molar-refractivity contribution in [3.63, 3.8) is 0 Å². The van der Waals surface area contributed by atoms with Gasteiger partial charge in [0.25, 0.3) is 0 Å². The maximum Gasteiger partial charge on any atom is 0.244 e. The second-order valence-electron chi connectivity index (χ2n) is 5.83. The van der Waals surface area contributed by atoms with E-state index in [0.717, 1.165) is 5.56 Å². The summed E-state index contributed by atoms with van der Waals surface area (Å²) < 4.78 is 1.58. The van der Waals surface area contributed by atoms with E-state index < -0.39 is 5.92 Å². The highest BCUT2D eigenvalue weighted by molar-refractivity contribution is 5.82. The number of carbonyl (C=O) groups excluding carboxylic acids is 3. The molecular formula is C15H23N5O3. The van der Waals surface area contributed by atoms with Gasteiger partial charge in [0.05, 0.1) is 12.1 Å². The van der Waals surface area contributed by atoms with E-state index in [9.17, 15) is 14.4 Å². The summed E-state index contributed by atoms with van der Waals surface area (Å²) in [6, 6.07) is 0. The lowest BCUT2D eigenvalue weighted by molar-refractivity contribution is -0.133. The van der Waals surface area contributed by atoms with Gasteiger partial charge in [-0.15, -0.1) is 0 Å². The molecule has 1 saturated heterocycles. The zero-order chi connectivity index (χ0) is 17.0. The molecule has 8 nitrogen and oxygen atoms in total. The zero-order valence-corrected chi connectivity index (χ0v) is 13.8. The smallest absolute Gasteiger partial charge is 0.244 e. The van der Waals surface area contributed by atoms with Crippen molar-refractivity contribution < 1.29 is 14.4 Å². The molecule has 126 valence electrons. The van der Waals surface area contributed by atoms with Gasteiger partial charge in [0, 0.05) is 46.3 Å². The van der Waals surface area contributed by atoms with Gasteiger partial charge < -0.3 is 15.1 Å². The Bertz CT molecular complexity index is 598. The third kappa shape index (κ3) is 4.30. The fourth-order valence-corrected chi connectivity index (χ4v) is 2.69. The second kappa shape index (κ2) is 7.26. The van der Waals surface area contributed by atoms with E-state index in [1.54, 1.807) is 33.9 Å². The van der Waals surface area contributed by atoms with Crippen molar-refractivity contribution in [3.8, 4) is 0 Å². The summed E-state index contributed by atoms with van der Waals surface area (Å²) in [5.74, 6) is -0.774. The highest BCUT2D eigenvalue weighted by atomic mass is 16.2. The van der Waals surface area contributed by atoms with Crippen molar-refractivity contribution in [1.29, 1.82) is 0 Å². The quantitative estimate of drug-likeness (QED) is 0.793. The summed E-state index contributed by atoms with van der Waals surface area (Å²) in [6.07, 6.45) is 3.49. The van der Waals surface area contributed by atoms with E-state index in [1.807, 2.05) is 6.92 Å². The number of aryl methyl sites for hydroxylation is 1. The summed E-state index contributed by atoms with van der Waals surface area (Å²) in [7, 11) is 1.56. The third-order valence-corrected chi connectivity index (χ3v) is 4.00. The lowest BCUT2D eigenvalue weighted by atomic mass is 10.1. The minimum absolute atomic E-state index is 0.0871. The van der Waals surface area contributed by atoms with Gasteiger partial charge >= 0.3 is 0 Å². The lowest BCUT2D eigenvalue weighted by Crippen LogP contribution is -2.42. The van der Waals surface area contributed by atoms with Crippen LogP contribution in [0.3, 0.4) is 0 Å². The molecule has 0 unspecified atom stereocenters. The lowest BCUT2D eigenvalue weighted by Gasteiger charge is -2.23. The first kappa shape index (κ1) is 17.0. The molecule has 1 aliphatic heterocycles. The molecule has 1 aromatic rings. The summed E-state index contributed by atoms with van der Waals surface area (Å²) in [5, 5.41) is 6.71. The van der Waals surface area contributed by atoms with Crippen LogP contribution < -0.4 is 5.32 Å². The molecular weight excluding hydrogens is 298 g/mol. The Morgan fingerprint density at radius 1 is 1.26 bits per heavy atom. The average molecular weight is 321 g/mol. The van der Waals surface area contributed by atoms with E-state index in [0.29, 0.717) is 26.2 Å². The number of nitrogens with one attached hydrogen (secondary N) is 1. The number of nitrogens with zero attached hydrogens (tertiary/aromatic N) is 4. The number of aromatic nitrogens is 2. The molecule has 0 spiro atoms. The van der Waals surface area contributed by atoms with Crippen molar-refractivity contribution in [1.82, 2.24) is 24.9 Å². The number of hydrogen-bond acceptors (Lipinski definition) is 4. The maximum absolute atomic E-state index is 12.5. The van der Waals surface area contributed by atoms with Crippen LogP contribution in [0.25, 0.3) is 0 Å². The highest BCUT2D eigenvalue weighted by Crippen LogP contribution is 2.11. The minimum Gasteiger partial charge on any atom is -0.359 e. The van der Waals surface area contributed by atoms with Gasteiger partial charge in [0.15, 0.2) is 0 Å². The molecule has 3 amide bonds. The molecule has 1 fully saturated rings. The van der Waals surface area contributed by atoms with E-state index >= 15 is 0 Å². The van der Waals surface area contributed by atoms with Crippen LogP contribution in [0.1, 0.15) is 12.5 Å². The molecule has 1 N–H and O–H groups in total. The first-order chi connectivity index (χ1) is 10.9. The standard InChI is InChI=1S/C15H23N5O3/c1-11-6-17-20(7-11)10-14(22)19-5-4-18(12(2)21)8-13(9-19)15(23)16-3/h6-7,13H,4-5,8-10H2,1-3H3,(H,16,23)/t13-/m1/s1. The molecule has 2 heterocycles. The zero-order valence-electron chi connectivity index (χ0n) is 13.8. The Kier molecular flexibility index (Phi) is 5.36. The predicted molar refractivity (Wildman–Crippen MR) is 83.4 cm³/mol. The van der Waals surface area contributed by atoms with Gasteiger partial charge in [-0.05, 0) is 12.5 Å². The summed E-state index contributed by atoms with van der Waals surface area (Å²) >= 11 is 0. The summed E-state index contributed by atoms with van der Waals surface area (Å²) in [4.78, 5) is 39.4. The SMILES string of the molecule is CNC(=O)[C@@H]1CN(C(C)=O)CCN(C(=O)Cn2cc(C)cn2)C1. The van der Waals surface area contributed by atoms with Crippen molar-refractivity contribution in [2.24, 2.45) is 5.92 Å². The third-order valence-electron chi connectivity index (χ3n) is 4.00. The van der Waals surface area contributed by atoms with Crippen LogP contribution >= 0.6 is 0 Å². The molecule has 23 heavy (non-hydrogen) atoms. The van der Waals surface area contributed by atoms with Gasteiger partial charge in [-0.2, -0.15) is 5.10 Å². The molecule has 0 aliphatic carbocycles. The molecule has 0 bridgehead atoms. The van der Waals surface area contributed by atoms with Crippen LogP contribution in [0, 0.1) is 12.8 Å². The van der Waals surface area contributed by atoms with E-state index in [-0.39, 0.29) is 24.3 Å². The summed E-state index contributed by atoms with van der Waals surface area (Å²) in [6.45, 7) is 5.02. The van der Waals surface area contributed by atoms with Crippen LogP contribution in [-0.2, 0) is 20.9 Å². The fraction of sp³-hybridized carbons (Fsp3) is 0.600. The Hall–Kier alpha value is -2.38. The van der Waals surface area contributed by atoms with Gasteiger partial charge in [-0.1, -0.05) is 0 Å².